The van der Waals surface area contributed by atoms with Gasteiger partial charge in [0.05, 0.1) is 0 Å². The first-order valence-corrected chi connectivity index (χ1v) is 5.70. The highest BCUT2D eigenvalue weighted by Crippen LogP contribution is 2.31. The summed E-state index contributed by atoms with van der Waals surface area (Å²) in [6.07, 6.45) is 7.68. The molecule has 1 heteroatoms. The number of Topliss-reactive ketones (excluding diaryl/α,β-unsaturated/α-hetero) is 1. The second-order valence-corrected chi connectivity index (χ2v) is 4.42. The van der Waals surface area contributed by atoms with Crippen molar-refractivity contribution in [2.75, 3.05) is 0 Å². The quantitative estimate of drug-likeness (QED) is 0.676. The van der Waals surface area contributed by atoms with E-state index in [9.17, 15) is 4.79 Å². The molecule has 2 aliphatic rings. The van der Waals surface area contributed by atoms with Crippen molar-refractivity contribution in [3.63, 3.8) is 0 Å². The van der Waals surface area contributed by atoms with Crippen molar-refractivity contribution in [1.82, 2.24) is 0 Å². The van der Waals surface area contributed by atoms with Crippen LogP contribution in [0, 0.1) is 0 Å². The van der Waals surface area contributed by atoms with Crippen molar-refractivity contribution in [3.8, 4) is 0 Å². The van der Waals surface area contributed by atoms with Crippen molar-refractivity contribution in [2.24, 2.45) is 0 Å². The zero-order valence-electron chi connectivity index (χ0n) is 8.75. The third-order valence-corrected chi connectivity index (χ3v) is 3.44. The molecule has 0 atom stereocenters. The molecule has 0 amide bonds. The Labute approximate surface area is 89.8 Å². The Hall–Kier alpha value is -1.37. The average Bonchev–Trinajstić information content (AvgIpc) is 2.88. The molecule has 0 spiro atoms. The van der Waals surface area contributed by atoms with E-state index >= 15 is 0 Å². The SMILES string of the molecule is O=C1CCc2cc(C3=CCCC3)ccc21. The molecule has 3 rings (SSSR count). The van der Waals surface area contributed by atoms with Gasteiger partial charge in [-0.3, -0.25) is 4.79 Å². The molecule has 0 N–H and O–H groups in total. The highest BCUT2D eigenvalue weighted by atomic mass is 16.1. The number of allylic oxidation sites excluding steroid dienone is 2. The topological polar surface area (TPSA) is 17.1 Å². The number of hydrogen-bond acceptors (Lipinski definition) is 1. The molecule has 0 heterocycles. The molecule has 0 fully saturated rings. The Bertz CT molecular complexity index is 454. The fourth-order valence-corrected chi connectivity index (χ4v) is 2.59. The predicted molar refractivity (Wildman–Crippen MR) is 60.9 cm³/mol. The van der Waals surface area contributed by atoms with E-state index in [-0.39, 0.29) is 0 Å². The monoisotopic (exact) mass is 198 g/mol. The standard InChI is InChI=1S/C14H14O/c15-14-8-6-12-9-11(5-7-13(12)14)10-3-1-2-4-10/h3,5,7,9H,1-2,4,6,8H2. The van der Waals surface area contributed by atoms with Gasteiger partial charge in [0.25, 0.3) is 0 Å². The maximum atomic E-state index is 11.5. The smallest absolute Gasteiger partial charge is 0.163 e. The minimum atomic E-state index is 0.317. The lowest BCUT2D eigenvalue weighted by Crippen LogP contribution is -1.91. The summed E-state index contributed by atoms with van der Waals surface area (Å²) in [6.45, 7) is 0. The molecule has 1 nitrogen and oxygen atoms in total. The normalized spacial score (nSPS) is 19.2. The summed E-state index contributed by atoms with van der Waals surface area (Å²) in [4.78, 5) is 11.5. The van der Waals surface area contributed by atoms with Crippen LogP contribution in [0.4, 0.5) is 0 Å². The van der Waals surface area contributed by atoms with Crippen LogP contribution in [-0.4, -0.2) is 5.78 Å². The Morgan fingerprint density at radius 2 is 2.00 bits per heavy atom. The van der Waals surface area contributed by atoms with Gasteiger partial charge in [-0.1, -0.05) is 24.3 Å². The van der Waals surface area contributed by atoms with Gasteiger partial charge in [-0.25, -0.2) is 0 Å². The summed E-state index contributed by atoms with van der Waals surface area (Å²) < 4.78 is 0. The van der Waals surface area contributed by atoms with E-state index in [1.165, 1.54) is 36.0 Å². The number of carbonyl (C=O) groups excluding carboxylic acids is 1. The Balaban J connectivity index is 2.02. The summed E-state index contributed by atoms with van der Waals surface area (Å²) in [5, 5.41) is 0. The molecular formula is C14H14O. The first-order chi connectivity index (χ1) is 7.34. The van der Waals surface area contributed by atoms with Crippen LogP contribution in [0.1, 0.15) is 47.2 Å². The van der Waals surface area contributed by atoms with E-state index in [4.69, 9.17) is 0 Å². The number of fused-ring (bicyclic) bond motifs is 1. The molecule has 1 aromatic rings. The maximum absolute atomic E-state index is 11.5. The van der Waals surface area contributed by atoms with E-state index in [1.54, 1.807) is 0 Å². The lowest BCUT2D eigenvalue weighted by Gasteiger charge is -2.04. The Kier molecular flexibility index (Phi) is 1.98. The molecule has 0 saturated heterocycles. The zero-order chi connectivity index (χ0) is 10.3. The molecule has 0 unspecified atom stereocenters. The van der Waals surface area contributed by atoms with Crippen molar-refractivity contribution in [3.05, 3.63) is 41.0 Å². The fourth-order valence-electron chi connectivity index (χ4n) is 2.59. The summed E-state index contributed by atoms with van der Waals surface area (Å²) in [6, 6.07) is 6.34. The lowest BCUT2D eigenvalue weighted by atomic mass is 10.0. The van der Waals surface area contributed by atoms with Crippen LogP contribution in [0.3, 0.4) is 0 Å². The molecule has 0 bridgehead atoms. The van der Waals surface area contributed by atoms with Gasteiger partial charge in [0.15, 0.2) is 5.78 Å². The van der Waals surface area contributed by atoms with Crippen LogP contribution in [0.2, 0.25) is 0 Å². The van der Waals surface area contributed by atoms with Gasteiger partial charge in [-0.2, -0.15) is 0 Å². The number of benzene rings is 1. The first-order valence-electron chi connectivity index (χ1n) is 5.70. The molecule has 0 aromatic heterocycles. The van der Waals surface area contributed by atoms with E-state index in [0.29, 0.717) is 12.2 Å². The largest absolute Gasteiger partial charge is 0.294 e. The van der Waals surface area contributed by atoms with Crippen LogP contribution in [0.25, 0.3) is 5.57 Å². The summed E-state index contributed by atoms with van der Waals surface area (Å²) in [5.74, 6) is 0.317. The second kappa shape index (κ2) is 3.34. The molecular weight excluding hydrogens is 184 g/mol. The minimum Gasteiger partial charge on any atom is -0.294 e. The van der Waals surface area contributed by atoms with Gasteiger partial charge in [0.2, 0.25) is 0 Å². The third kappa shape index (κ3) is 1.43. The second-order valence-electron chi connectivity index (χ2n) is 4.42. The summed E-state index contributed by atoms with van der Waals surface area (Å²) in [5.41, 5.74) is 5.01. The Morgan fingerprint density at radius 1 is 1.07 bits per heavy atom. The van der Waals surface area contributed by atoms with Crippen molar-refractivity contribution < 1.29 is 4.79 Å². The summed E-state index contributed by atoms with van der Waals surface area (Å²) >= 11 is 0. The number of ketones is 1. The fraction of sp³-hybridized carbons (Fsp3) is 0.357. The number of carbonyl (C=O) groups is 1. The molecule has 0 aliphatic heterocycles. The van der Waals surface area contributed by atoms with Gasteiger partial charge in [-0.15, -0.1) is 0 Å². The van der Waals surface area contributed by atoms with Crippen LogP contribution in [0.15, 0.2) is 24.3 Å². The highest BCUT2D eigenvalue weighted by Gasteiger charge is 2.20. The molecule has 15 heavy (non-hydrogen) atoms. The van der Waals surface area contributed by atoms with Gasteiger partial charge >= 0.3 is 0 Å². The summed E-state index contributed by atoms with van der Waals surface area (Å²) in [7, 11) is 0. The van der Waals surface area contributed by atoms with Gasteiger partial charge in [0.1, 0.15) is 0 Å². The minimum absolute atomic E-state index is 0.317. The van der Waals surface area contributed by atoms with Crippen LogP contribution < -0.4 is 0 Å². The van der Waals surface area contributed by atoms with Gasteiger partial charge in [-0.05, 0) is 42.4 Å². The van der Waals surface area contributed by atoms with Crippen LogP contribution in [-0.2, 0) is 6.42 Å². The third-order valence-electron chi connectivity index (χ3n) is 3.44. The number of hydrogen-bond donors (Lipinski definition) is 0. The maximum Gasteiger partial charge on any atom is 0.163 e. The van der Waals surface area contributed by atoms with E-state index in [2.05, 4.69) is 18.2 Å². The highest BCUT2D eigenvalue weighted by molar-refractivity contribution is 6.00. The van der Waals surface area contributed by atoms with Crippen molar-refractivity contribution >= 4 is 11.4 Å². The van der Waals surface area contributed by atoms with E-state index in [1.807, 2.05) is 6.07 Å². The zero-order valence-corrected chi connectivity index (χ0v) is 8.75. The molecule has 2 aliphatic carbocycles. The predicted octanol–water partition coefficient (Wildman–Crippen LogP) is 3.38. The van der Waals surface area contributed by atoms with Crippen LogP contribution in [0.5, 0.6) is 0 Å². The molecule has 0 saturated carbocycles. The number of rotatable bonds is 1. The van der Waals surface area contributed by atoms with E-state index in [0.717, 1.165) is 12.0 Å². The van der Waals surface area contributed by atoms with Gasteiger partial charge < -0.3 is 0 Å². The molecule has 76 valence electrons. The Morgan fingerprint density at radius 3 is 2.80 bits per heavy atom. The van der Waals surface area contributed by atoms with Crippen molar-refractivity contribution in [2.45, 2.75) is 32.1 Å². The molecule has 0 radical (unpaired) electrons. The lowest BCUT2D eigenvalue weighted by molar-refractivity contribution is 0.0994. The van der Waals surface area contributed by atoms with Crippen molar-refractivity contribution in [1.29, 1.82) is 0 Å². The number of aryl methyl sites for hydroxylation is 1. The molecule has 1 aromatic carbocycles. The van der Waals surface area contributed by atoms with E-state index < -0.39 is 0 Å². The van der Waals surface area contributed by atoms with Crippen LogP contribution >= 0.6 is 0 Å². The average molecular weight is 198 g/mol. The first kappa shape index (κ1) is 8.90. The van der Waals surface area contributed by atoms with Gasteiger partial charge in [0, 0.05) is 12.0 Å².